The molecule has 0 radical (unpaired) electrons. The summed E-state index contributed by atoms with van der Waals surface area (Å²) in [7, 11) is 0. The Morgan fingerprint density at radius 2 is 1.05 bits per heavy atom. The molecule has 1 aromatic rings. The van der Waals surface area contributed by atoms with Crippen molar-refractivity contribution in [3.63, 3.8) is 0 Å². The van der Waals surface area contributed by atoms with E-state index < -0.39 is 0 Å². The van der Waals surface area contributed by atoms with Crippen molar-refractivity contribution in [2.75, 3.05) is 52.9 Å². The first kappa shape index (κ1) is 15.4. The van der Waals surface area contributed by atoms with Crippen LogP contribution in [0.4, 0.5) is 0 Å². The fourth-order valence-corrected chi connectivity index (χ4v) is 1.82. The molecular formula is C15H22O5. The molecule has 112 valence electrons. The van der Waals surface area contributed by atoms with Crippen LogP contribution in [0, 0.1) is 0 Å². The minimum atomic E-state index is -0.373. The summed E-state index contributed by atoms with van der Waals surface area (Å²) in [5.74, 6) is 0. The molecule has 0 spiro atoms. The van der Waals surface area contributed by atoms with Crippen LogP contribution in [-0.4, -0.2) is 52.9 Å². The highest BCUT2D eigenvalue weighted by molar-refractivity contribution is 5.15. The molecule has 1 aliphatic heterocycles. The van der Waals surface area contributed by atoms with E-state index in [9.17, 15) is 0 Å². The van der Waals surface area contributed by atoms with Crippen molar-refractivity contribution in [2.24, 2.45) is 0 Å². The van der Waals surface area contributed by atoms with E-state index in [4.69, 9.17) is 23.7 Å². The first-order valence-electron chi connectivity index (χ1n) is 6.98. The maximum absolute atomic E-state index is 5.73. The summed E-state index contributed by atoms with van der Waals surface area (Å²) >= 11 is 0. The van der Waals surface area contributed by atoms with Crippen molar-refractivity contribution >= 4 is 0 Å². The Morgan fingerprint density at radius 1 is 0.600 bits per heavy atom. The van der Waals surface area contributed by atoms with Gasteiger partial charge >= 0.3 is 0 Å². The Kier molecular flexibility index (Phi) is 7.59. The highest BCUT2D eigenvalue weighted by Gasteiger charge is 2.12. The van der Waals surface area contributed by atoms with Crippen LogP contribution in [0.5, 0.6) is 0 Å². The molecule has 0 aromatic heterocycles. The molecule has 0 bridgehead atoms. The summed E-state index contributed by atoms with van der Waals surface area (Å²) in [6.07, 6.45) is -0.373. The lowest BCUT2D eigenvalue weighted by molar-refractivity contribution is -0.165. The number of hydrogen-bond acceptors (Lipinski definition) is 5. The molecule has 0 amide bonds. The molecule has 0 atom stereocenters. The van der Waals surface area contributed by atoms with Gasteiger partial charge in [0.2, 0.25) is 0 Å². The molecule has 0 N–H and O–H groups in total. The molecule has 0 unspecified atom stereocenters. The standard InChI is InChI=1S/C15H22O5/c1-2-4-14(5-3-1)15-19-12-10-17-8-6-16-7-9-18-11-13-20-15/h1-5,15H,6-13H2. The average Bonchev–Trinajstić information content (AvgIpc) is 2.50. The molecule has 0 saturated carbocycles. The molecule has 1 aromatic carbocycles. The predicted molar refractivity (Wildman–Crippen MR) is 73.5 cm³/mol. The summed E-state index contributed by atoms with van der Waals surface area (Å²) in [6.45, 7) is 4.35. The van der Waals surface area contributed by atoms with E-state index in [0.717, 1.165) is 5.56 Å². The zero-order valence-corrected chi connectivity index (χ0v) is 11.7. The molecule has 2 rings (SSSR count). The number of rotatable bonds is 1. The van der Waals surface area contributed by atoms with Crippen molar-refractivity contribution in [2.45, 2.75) is 6.29 Å². The van der Waals surface area contributed by atoms with E-state index >= 15 is 0 Å². The van der Waals surface area contributed by atoms with E-state index in [0.29, 0.717) is 52.9 Å². The summed E-state index contributed by atoms with van der Waals surface area (Å²) in [5, 5.41) is 0. The highest BCUT2D eigenvalue weighted by atomic mass is 16.7. The van der Waals surface area contributed by atoms with Crippen LogP contribution >= 0.6 is 0 Å². The zero-order chi connectivity index (χ0) is 13.9. The average molecular weight is 282 g/mol. The first-order valence-corrected chi connectivity index (χ1v) is 6.98. The van der Waals surface area contributed by atoms with Gasteiger partial charge in [0.25, 0.3) is 0 Å². The van der Waals surface area contributed by atoms with Gasteiger partial charge in [-0.3, -0.25) is 0 Å². The number of hydrogen-bond donors (Lipinski definition) is 0. The van der Waals surface area contributed by atoms with E-state index in [1.807, 2.05) is 30.3 Å². The quantitative estimate of drug-likeness (QED) is 0.785. The molecule has 1 saturated heterocycles. The van der Waals surface area contributed by atoms with Gasteiger partial charge in [-0.25, -0.2) is 0 Å². The molecule has 5 nitrogen and oxygen atoms in total. The van der Waals surface area contributed by atoms with Gasteiger partial charge in [-0.05, 0) is 0 Å². The minimum Gasteiger partial charge on any atom is -0.377 e. The first-order chi connectivity index (χ1) is 9.97. The van der Waals surface area contributed by atoms with Crippen LogP contribution in [0.15, 0.2) is 30.3 Å². The zero-order valence-electron chi connectivity index (χ0n) is 11.7. The Labute approximate surface area is 119 Å². The molecule has 5 heteroatoms. The largest absolute Gasteiger partial charge is 0.377 e. The third kappa shape index (κ3) is 5.98. The molecular weight excluding hydrogens is 260 g/mol. The molecule has 0 aliphatic carbocycles. The molecule has 20 heavy (non-hydrogen) atoms. The van der Waals surface area contributed by atoms with Crippen LogP contribution in [0.2, 0.25) is 0 Å². The van der Waals surface area contributed by atoms with Crippen molar-refractivity contribution in [3.8, 4) is 0 Å². The van der Waals surface area contributed by atoms with Gasteiger partial charge < -0.3 is 23.7 Å². The third-order valence-corrected chi connectivity index (χ3v) is 2.81. The van der Waals surface area contributed by atoms with E-state index in [1.165, 1.54) is 0 Å². The van der Waals surface area contributed by atoms with Crippen LogP contribution < -0.4 is 0 Å². The highest BCUT2D eigenvalue weighted by Crippen LogP contribution is 2.18. The van der Waals surface area contributed by atoms with Crippen molar-refractivity contribution < 1.29 is 23.7 Å². The SMILES string of the molecule is c1ccc(C2OCCOCCOCCOCCO2)cc1. The maximum Gasteiger partial charge on any atom is 0.184 e. The Morgan fingerprint density at radius 3 is 1.55 bits per heavy atom. The monoisotopic (exact) mass is 282 g/mol. The molecule has 1 heterocycles. The smallest absolute Gasteiger partial charge is 0.184 e. The van der Waals surface area contributed by atoms with Gasteiger partial charge in [0.1, 0.15) is 0 Å². The summed E-state index contributed by atoms with van der Waals surface area (Å²) < 4.78 is 27.6. The van der Waals surface area contributed by atoms with Crippen LogP contribution in [0.1, 0.15) is 11.9 Å². The maximum atomic E-state index is 5.73. The van der Waals surface area contributed by atoms with Crippen molar-refractivity contribution in [1.29, 1.82) is 0 Å². The number of ether oxygens (including phenoxy) is 5. The second-order valence-corrected chi connectivity index (χ2v) is 4.32. The van der Waals surface area contributed by atoms with E-state index in [2.05, 4.69) is 0 Å². The van der Waals surface area contributed by atoms with Crippen LogP contribution in [0.25, 0.3) is 0 Å². The second kappa shape index (κ2) is 9.85. The second-order valence-electron chi connectivity index (χ2n) is 4.32. The fourth-order valence-electron chi connectivity index (χ4n) is 1.82. The van der Waals surface area contributed by atoms with Crippen molar-refractivity contribution in [1.82, 2.24) is 0 Å². The Hall–Kier alpha value is -0.980. The Balaban J connectivity index is 1.84. The number of benzene rings is 1. The van der Waals surface area contributed by atoms with Crippen LogP contribution in [0.3, 0.4) is 0 Å². The van der Waals surface area contributed by atoms with E-state index in [1.54, 1.807) is 0 Å². The summed E-state index contributed by atoms with van der Waals surface area (Å²) in [4.78, 5) is 0. The van der Waals surface area contributed by atoms with E-state index in [-0.39, 0.29) is 6.29 Å². The minimum absolute atomic E-state index is 0.373. The lowest BCUT2D eigenvalue weighted by atomic mass is 10.2. The lowest BCUT2D eigenvalue weighted by Crippen LogP contribution is -2.18. The fraction of sp³-hybridized carbons (Fsp3) is 0.600. The van der Waals surface area contributed by atoms with Gasteiger partial charge in [-0.15, -0.1) is 0 Å². The van der Waals surface area contributed by atoms with Gasteiger partial charge in [0.05, 0.1) is 52.9 Å². The van der Waals surface area contributed by atoms with Crippen molar-refractivity contribution in [3.05, 3.63) is 35.9 Å². The van der Waals surface area contributed by atoms with Crippen LogP contribution in [-0.2, 0) is 23.7 Å². The van der Waals surface area contributed by atoms with Gasteiger partial charge in [0.15, 0.2) is 6.29 Å². The molecule has 1 fully saturated rings. The summed E-state index contributed by atoms with van der Waals surface area (Å²) in [6, 6.07) is 9.89. The normalized spacial score (nSPS) is 21.2. The van der Waals surface area contributed by atoms with Gasteiger partial charge in [-0.2, -0.15) is 0 Å². The third-order valence-electron chi connectivity index (χ3n) is 2.81. The lowest BCUT2D eigenvalue weighted by Gasteiger charge is -2.19. The summed E-state index contributed by atoms with van der Waals surface area (Å²) in [5.41, 5.74) is 1.00. The topological polar surface area (TPSA) is 46.2 Å². The van der Waals surface area contributed by atoms with Gasteiger partial charge in [0, 0.05) is 5.56 Å². The predicted octanol–water partition coefficient (Wildman–Crippen LogP) is 1.78. The Bertz CT molecular complexity index is 329. The van der Waals surface area contributed by atoms with Gasteiger partial charge in [-0.1, -0.05) is 30.3 Å². The molecule has 1 aliphatic rings.